The van der Waals surface area contributed by atoms with Crippen LogP contribution >= 0.6 is 24.0 Å². The Balaban J connectivity index is 0.00000420. The highest BCUT2D eigenvalue weighted by Gasteiger charge is 2.17. The van der Waals surface area contributed by atoms with Crippen LogP contribution in [0.15, 0.2) is 29.3 Å². The van der Waals surface area contributed by atoms with Gasteiger partial charge in [0.05, 0.1) is 13.1 Å². The minimum Gasteiger partial charge on any atom is -0.357 e. The number of halogens is 1. The van der Waals surface area contributed by atoms with Crippen LogP contribution in [0.4, 0.5) is 5.69 Å². The lowest BCUT2D eigenvalue weighted by molar-refractivity contribution is -0.128. The first-order valence-corrected chi connectivity index (χ1v) is 10.2. The summed E-state index contributed by atoms with van der Waals surface area (Å²) in [4.78, 5) is 30.6. The molecule has 3 N–H and O–H groups in total. The third-order valence-electron chi connectivity index (χ3n) is 4.43. The first kappa shape index (κ1) is 25.2. The number of guanidine groups is 1. The smallest absolute Gasteiger partial charge is 0.241 e. The Morgan fingerprint density at radius 1 is 1.17 bits per heavy atom. The molecule has 0 saturated carbocycles. The number of benzene rings is 1. The van der Waals surface area contributed by atoms with Gasteiger partial charge in [-0.1, -0.05) is 26.0 Å². The van der Waals surface area contributed by atoms with E-state index in [1.807, 2.05) is 49.9 Å². The van der Waals surface area contributed by atoms with Crippen LogP contribution in [0, 0.1) is 5.92 Å². The maximum atomic E-state index is 12.2. The first-order valence-electron chi connectivity index (χ1n) is 10.2. The lowest BCUT2D eigenvalue weighted by atomic mass is 10.1. The molecule has 1 heterocycles. The number of hydrogen-bond donors (Lipinski definition) is 3. The second kappa shape index (κ2) is 13.4. The Morgan fingerprint density at radius 2 is 1.90 bits per heavy atom. The van der Waals surface area contributed by atoms with Crippen LogP contribution in [-0.2, 0) is 16.1 Å². The maximum absolute atomic E-state index is 12.2. The first-order chi connectivity index (χ1) is 13.5. The zero-order valence-corrected chi connectivity index (χ0v) is 20.0. The van der Waals surface area contributed by atoms with E-state index in [-0.39, 0.29) is 42.3 Å². The fourth-order valence-corrected chi connectivity index (χ4v) is 3.08. The van der Waals surface area contributed by atoms with Gasteiger partial charge in [-0.25, -0.2) is 4.99 Å². The van der Waals surface area contributed by atoms with E-state index in [9.17, 15) is 9.59 Å². The normalized spacial score (nSPS) is 13.8. The summed E-state index contributed by atoms with van der Waals surface area (Å²) in [5.74, 6) is 1.07. The second-order valence-electron chi connectivity index (χ2n) is 7.48. The molecule has 0 radical (unpaired) electrons. The number of carbonyl (C=O) groups is 2. The number of nitrogens with one attached hydrogen (secondary N) is 3. The van der Waals surface area contributed by atoms with E-state index in [4.69, 9.17) is 0 Å². The molecule has 1 aliphatic rings. The quantitative estimate of drug-likeness (QED) is 0.283. The number of rotatable bonds is 8. The topological polar surface area (TPSA) is 85.8 Å². The molecule has 1 aromatic rings. The fraction of sp³-hybridized carbons (Fsp3) is 0.571. The summed E-state index contributed by atoms with van der Waals surface area (Å²) in [7, 11) is 0. The van der Waals surface area contributed by atoms with Crippen molar-refractivity contribution in [2.45, 2.75) is 46.6 Å². The van der Waals surface area contributed by atoms with Gasteiger partial charge in [0, 0.05) is 31.7 Å². The van der Waals surface area contributed by atoms with Crippen LogP contribution in [0.2, 0.25) is 0 Å². The van der Waals surface area contributed by atoms with E-state index in [0.717, 1.165) is 43.7 Å². The molecule has 8 heteroatoms. The lowest BCUT2D eigenvalue weighted by Gasteiger charge is -2.17. The third-order valence-corrected chi connectivity index (χ3v) is 4.43. The van der Waals surface area contributed by atoms with Gasteiger partial charge in [0.15, 0.2) is 5.96 Å². The Morgan fingerprint density at radius 3 is 2.55 bits per heavy atom. The molecule has 29 heavy (non-hydrogen) atoms. The summed E-state index contributed by atoms with van der Waals surface area (Å²) in [6, 6.07) is 7.69. The summed E-state index contributed by atoms with van der Waals surface area (Å²) in [6.45, 7) is 9.16. The van der Waals surface area contributed by atoms with Gasteiger partial charge < -0.3 is 20.9 Å². The van der Waals surface area contributed by atoms with Gasteiger partial charge in [-0.2, -0.15) is 0 Å². The van der Waals surface area contributed by atoms with Gasteiger partial charge in [0.25, 0.3) is 0 Å². The molecule has 1 fully saturated rings. The van der Waals surface area contributed by atoms with Crippen molar-refractivity contribution in [1.82, 2.24) is 15.5 Å². The van der Waals surface area contributed by atoms with Crippen LogP contribution in [0.1, 0.15) is 45.6 Å². The van der Waals surface area contributed by atoms with E-state index >= 15 is 0 Å². The predicted octanol–water partition coefficient (Wildman–Crippen LogP) is 2.97. The van der Waals surface area contributed by atoms with Crippen LogP contribution in [0.25, 0.3) is 0 Å². The molecule has 0 aromatic heterocycles. The van der Waals surface area contributed by atoms with Crippen molar-refractivity contribution in [3.05, 3.63) is 29.8 Å². The van der Waals surface area contributed by atoms with E-state index in [1.165, 1.54) is 0 Å². The van der Waals surface area contributed by atoms with Gasteiger partial charge in [0.2, 0.25) is 11.8 Å². The standard InChI is InChI=1S/C21H33N5O2.HI/c1-4-22-21(24-15-20(28)26-10-5-6-11-26)23-14-17-8-7-9-18(13-17)25-19(27)12-16(2)3;/h7-9,13,16H,4-6,10-12,14-15H2,1-3H3,(H,25,27)(H2,22,23,24);1H. The minimum absolute atomic E-state index is 0. The molecule has 0 aliphatic carbocycles. The van der Waals surface area contributed by atoms with Crippen LogP contribution in [0.5, 0.6) is 0 Å². The van der Waals surface area contributed by atoms with Crippen molar-refractivity contribution in [3.8, 4) is 0 Å². The summed E-state index contributed by atoms with van der Waals surface area (Å²) < 4.78 is 0. The Kier molecular flexibility index (Phi) is 11.6. The van der Waals surface area contributed by atoms with Gasteiger partial charge in [0.1, 0.15) is 0 Å². The Hall–Kier alpha value is -1.84. The van der Waals surface area contributed by atoms with Crippen LogP contribution in [0.3, 0.4) is 0 Å². The number of amides is 2. The number of anilines is 1. The highest BCUT2D eigenvalue weighted by atomic mass is 127. The largest absolute Gasteiger partial charge is 0.357 e. The molecule has 1 aliphatic heterocycles. The number of hydrogen-bond acceptors (Lipinski definition) is 3. The van der Waals surface area contributed by atoms with Gasteiger partial charge in [-0.05, 0) is 43.4 Å². The van der Waals surface area contributed by atoms with Crippen molar-refractivity contribution in [1.29, 1.82) is 0 Å². The number of nitrogens with zero attached hydrogens (tertiary/aromatic N) is 2. The SMILES string of the molecule is CCNC(=NCc1cccc(NC(=O)CC(C)C)c1)NCC(=O)N1CCCC1.I. The van der Waals surface area contributed by atoms with Crippen molar-refractivity contribution >= 4 is 47.4 Å². The van der Waals surface area contributed by atoms with E-state index < -0.39 is 0 Å². The molecule has 162 valence electrons. The average molecular weight is 515 g/mol. The van der Waals surface area contributed by atoms with Crippen molar-refractivity contribution in [2.24, 2.45) is 10.9 Å². The second-order valence-corrected chi connectivity index (χ2v) is 7.48. The monoisotopic (exact) mass is 515 g/mol. The molecule has 2 rings (SSSR count). The number of likely N-dealkylation sites (tertiary alicyclic amines) is 1. The summed E-state index contributed by atoms with van der Waals surface area (Å²) >= 11 is 0. The molecular formula is C21H34IN5O2. The van der Waals surface area contributed by atoms with Crippen molar-refractivity contribution in [2.75, 3.05) is 31.5 Å². The highest BCUT2D eigenvalue weighted by molar-refractivity contribution is 14.0. The van der Waals surface area contributed by atoms with Crippen molar-refractivity contribution < 1.29 is 9.59 Å². The van der Waals surface area contributed by atoms with E-state index in [0.29, 0.717) is 24.8 Å². The van der Waals surface area contributed by atoms with Gasteiger partial charge >= 0.3 is 0 Å². The molecule has 2 amide bonds. The van der Waals surface area contributed by atoms with Gasteiger partial charge in [-0.15, -0.1) is 24.0 Å². The third kappa shape index (κ3) is 9.47. The molecule has 0 bridgehead atoms. The molecule has 1 saturated heterocycles. The summed E-state index contributed by atoms with van der Waals surface area (Å²) in [5, 5.41) is 9.21. The van der Waals surface area contributed by atoms with Crippen molar-refractivity contribution in [3.63, 3.8) is 0 Å². The number of aliphatic imine (C=N–C) groups is 1. The molecular weight excluding hydrogens is 481 g/mol. The predicted molar refractivity (Wildman–Crippen MR) is 129 cm³/mol. The van der Waals surface area contributed by atoms with Gasteiger partial charge in [-0.3, -0.25) is 9.59 Å². The van der Waals surface area contributed by atoms with Crippen LogP contribution < -0.4 is 16.0 Å². The number of carbonyl (C=O) groups excluding carboxylic acids is 2. The van der Waals surface area contributed by atoms with Crippen LogP contribution in [-0.4, -0.2) is 48.9 Å². The Bertz CT molecular complexity index is 687. The Labute approximate surface area is 191 Å². The average Bonchev–Trinajstić information content (AvgIpc) is 3.18. The molecule has 0 unspecified atom stereocenters. The highest BCUT2D eigenvalue weighted by Crippen LogP contribution is 2.13. The van der Waals surface area contributed by atoms with E-state index in [2.05, 4.69) is 20.9 Å². The summed E-state index contributed by atoms with van der Waals surface area (Å²) in [6.07, 6.45) is 2.68. The minimum atomic E-state index is 0. The molecule has 1 aromatic carbocycles. The maximum Gasteiger partial charge on any atom is 0.241 e. The zero-order valence-electron chi connectivity index (χ0n) is 17.7. The van der Waals surface area contributed by atoms with E-state index in [1.54, 1.807) is 0 Å². The molecule has 7 nitrogen and oxygen atoms in total. The molecule has 0 spiro atoms. The molecule has 0 atom stereocenters. The fourth-order valence-electron chi connectivity index (χ4n) is 3.08. The zero-order chi connectivity index (χ0) is 20.4. The lowest BCUT2D eigenvalue weighted by Crippen LogP contribution is -2.44. The summed E-state index contributed by atoms with van der Waals surface area (Å²) in [5.41, 5.74) is 1.77.